The summed E-state index contributed by atoms with van der Waals surface area (Å²) in [5.41, 5.74) is 2.52. The average Bonchev–Trinajstić information content (AvgIpc) is 2.91. The standard InChI is InChI=1S/C19H24N2O5/c1-12-17(13(2)26-20-12)11-24-16-8-6-15(7-9-16)10-18(22)25-14(3)19(23)21(4)5/h6-9,14H,10-11H2,1-5H3/t14-/m1/s1. The third-order valence-corrected chi connectivity index (χ3v) is 3.93. The number of likely N-dealkylation sites (N-methyl/N-ethyl adjacent to an activating group) is 1. The lowest BCUT2D eigenvalue weighted by Gasteiger charge is -2.17. The molecule has 0 saturated heterocycles. The second kappa shape index (κ2) is 8.51. The molecule has 2 rings (SSSR count). The van der Waals surface area contributed by atoms with E-state index in [0.717, 1.165) is 22.6 Å². The Kier molecular flexibility index (Phi) is 6.38. The summed E-state index contributed by atoms with van der Waals surface area (Å²) in [6.45, 7) is 5.64. The molecule has 1 amide bonds. The van der Waals surface area contributed by atoms with Crippen LogP contribution in [0.25, 0.3) is 0 Å². The summed E-state index contributed by atoms with van der Waals surface area (Å²) in [6, 6.07) is 7.16. The van der Waals surface area contributed by atoms with Crippen LogP contribution >= 0.6 is 0 Å². The molecular weight excluding hydrogens is 336 g/mol. The number of hydrogen-bond donors (Lipinski definition) is 0. The van der Waals surface area contributed by atoms with Gasteiger partial charge in [0, 0.05) is 14.1 Å². The van der Waals surface area contributed by atoms with E-state index in [1.165, 1.54) is 4.90 Å². The molecule has 0 spiro atoms. The molecule has 7 nitrogen and oxygen atoms in total. The fraction of sp³-hybridized carbons (Fsp3) is 0.421. The van der Waals surface area contributed by atoms with Crippen molar-refractivity contribution in [3.63, 3.8) is 0 Å². The minimum atomic E-state index is -0.796. The van der Waals surface area contributed by atoms with Crippen LogP contribution in [0.4, 0.5) is 0 Å². The lowest BCUT2D eigenvalue weighted by Crippen LogP contribution is -2.35. The van der Waals surface area contributed by atoms with Crippen LogP contribution < -0.4 is 4.74 Å². The van der Waals surface area contributed by atoms with Gasteiger partial charge in [0.1, 0.15) is 18.1 Å². The van der Waals surface area contributed by atoms with Crippen molar-refractivity contribution in [2.24, 2.45) is 0 Å². The van der Waals surface area contributed by atoms with Crippen molar-refractivity contribution in [3.8, 4) is 5.75 Å². The number of carbonyl (C=O) groups excluding carboxylic acids is 2. The number of amides is 1. The first kappa shape index (κ1) is 19.5. The highest BCUT2D eigenvalue weighted by Crippen LogP contribution is 2.18. The summed E-state index contributed by atoms with van der Waals surface area (Å²) in [7, 11) is 3.24. The van der Waals surface area contributed by atoms with Crippen LogP contribution in [0, 0.1) is 13.8 Å². The zero-order chi connectivity index (χ0) is 19.3. The van der Waals surface area contributed by atoms with Gasteiger partial charge in [0.05, 0.1) is 17.7 Å². The zero-order valence-corrected chi connectivity index (χ0v) is 15.7. The molecule has 140 valence electrons. The number of esters is 1. The van der Waals surface area contributed by atoms with Crippen molar-refractivity contribution in [1.29, 1.82) is 0 Å². The number of aryl methyl sites for hydroxylation is 2. The summed E-state index contributed by atoms with van der Waals surface area (Å²) < 4.78 is 16.0. The van der Waals surface area contributed by atoms with Gasteiger partial charge < -0.3 is 18.9 Å². The van der Waals surface area contributed by atoms with E-state index in [9.17, 15) is 9.59 Å². The molecule has 0 radical (unpaired) electrons. The van der Waals surface area contributed by atoms with E-state index in [0.29, 0.717) is 12.4 Å². The Morgan fingerprint density at radius 2 is 1.85 bits per heavy atom. The predicted molar refractivity (Wildman–Crippen MR) is 94.7 cm³/mol. The molecule has 0 aliphatic heterocycles. The number of hydrogen-bond acceptors (Lipinski definition) is 6. The van der Waals surface area contributed by atoms with Crippen molar-refractivity contribution in [2.75, 3.05) is 14.1 Å². The van der Waals surface area contributed by atoms with Gasteiger partial charge in [-0.05, 0) is 38.5 Å². The van der Waals surface area contributed by atoms with Crippen molar-refractivity contribution in [1.82, 2.24) is 10.1 Å². The van der Waals surface area contributed by atoms with Gasteiger partial charge in [0.15, 0.2) is 6.10 Å². The first-order valence-corrected chi connectivity index (χ1v) is 8.32. The monoisotopic (exact) mass is 360 g/mol. The SMILES string of the molecule is Cc1noc(C)c1COc1ccc(CC(=O)O[C@H](C)C(=O)N(C)C)cc1. The minimum Gasteiger partial charge on any atom is -0.489 e. The van der Waals surface area contributed by atoms with E-state index in [-0.39, 0.29) is 12.3 Å². The molecule has 0 N–H and O–H groups in total. The first-order valence-electron chi connectivity index (χ1n) is 8.32. The molecule has 7 heteroatoms. The Balaban J connectivity index is 1.87. The van der Waals surface area contributed by atoms with E-state index in [2.05, 4.69) is 5.16 Å². The topological polar surface area (TPSA) is 81.9 Å². The van der Waals surface area contributed by atoms with Crippen LogP contribution in [0.1, 0.15) is 29.5 Å². The Bertz CT molecular complexity index is 745. The van der Waals surface area contributed by atoms with Crippen molar-refractivity contribution in [2.45, 2.75) is 39.9 Å². The number of ether oxygens (including phenoxy) is 2. The van der Waals surface area contributed by atoms with E-state index in [4.69, 9.17) is 14.0 Å². The summed E-state index contributed by atoms with van der Waals surface area (Å²) >= 11 is 0. The largest absolute Gasteiger partial charge is 0.489 e. The molecule has 1 heterocycles. The summed E-state index contributed by atoms with van der Waals surface area (Å²) in [5, 5.41) is 3.89. The van der Waals surface area contributed by atoms with Crippen LogP contribution in [-0.2, 0) is 27.4 Å². The predicted octanol–water partition coefficient (Wildman–Crippen LogP) is 2.43. The maximum absolute atomic E-state index is 11.9. The second-order valence-electron chi connectivity index (χ2n) is 6.28. The van der Waals surface area contributed by atoms with E-state index < -0.39 is 12.1 Å². The maximum atomic E-state index is 11.9. The van der Waals surface area contributed by atoms with E-state index in [1.54, 1.807) is 45.3 Å². The maximum Gasteiger partial charge on any atom is 0.311 e. The summed E-state index contributed by atoms with van der Waals surface area (Å²) in [4.78, 5) is 25.1. The second-order valence-corrected chi connectivity index (χ2v) is 6.28. The van der Waals surface area contributed by atoms with Gasteiger partial charge in [-0.1, -0.05) is 17.3 Å². The molecule has 1 atom stereocenters. The highest BCUT2D eigenvalue weighted by atomic mass is 16.5. The van der Waals surface area contributed by atoms with Crippen LogP contribution in [0.5, 0.6) is 5.75 Å². The quantitative estimate of drug-likeness (QED) is 0.706. The van der Waals surface area contributed by atoms with Gasteiger partial charge in [0.2, 0.25) is 0 Å². The number of nitrogens with zero attached hydrogens (tertiary/aromatic N) is 2. The highest BCUT2D eigenvalue weighted by Gasteiger charge is 2.19. The van der Waals surface area contributed by atoms with Crippen LogP contribution in [0.3, 0.4) is 0 Å². The van der Waals surface area contributed by atoms with Gasteiger partial charge in [-0.25, -0.2) is 0 Å². The molecule has 1 aromatic heterocycles. The normalized spacial score (nSPS) is 11.7. The van der Waals surface area contributed by atoms with Crippen molar-refractivity contribution < 1.29 is 23.6 Å². The Morgan fingerprint density at radius 1 is 1.19 bits per heavy atom. The molecule has 1 aromatic carbocycles. The molecule has 0 fully saturated rings. The van der Waals surface area contributed by atoms with Crippen molar-refractivity contribution >= 4 is 11.9 Å². The molecule has 0 saturated carbocycles. The van der Waals surface area contributed by atoms with Gasteiger partial charge >= 0.3 is 5.97 Å². The summed E-state index contributed by atoms with van der Waals surface area (Å²) in [6.07, 6.45) is -0.704. The number of benzene rings is 1. The lowest BCUT2D eigenvalue weighted by molar-refractivity contribution is -0.157. The molecule has 0 unspecified atom stereocenters. The average molecular weight is 360 g/mol. The number of rotatable bonds is 7. The molecule has 0 aliphatic carbocycles. The first-order chi connectivity index (χ1) is 12.3. The number of carbonyl (C=O) groups is 2. The fourth-order valence-electron chi connectivity index (χ4n) is 2.39. The smallest absolute Gasteiger partial charge is 0.311 e. The molecule has 2 aromatic rings. The Hall–Kier alpha value is -2.83. The van der Waals surface area contributed by atoms with Gasteiger partial charge in [0.25, 0.3) is 5.91 Å². The lowest BCUT2D eigenvalue weighted by atomic mass is 10.1. The zero-order valence-electron chi connectivity index (χ0n) is 15.7. The minimum absolute atomic E-state index is 0.0925. The fourth-order valence-corrected chi connectivity index (χ4v) is 2.39. The number of aromatic nitrogens is 1. The van der Waals surface area contributed by atoms with E-state index in [1.807, 2.05) is 13.8 Å². The highest BCUT2D eigenvalue weighted by molar-refractivity contribution is 5.83. The molecular formula is C19H24N2O5. The summed E-state index contributed by atoms with van der Waals surface area (Å²) in [5.74, 6) is 0.722. The van der Waals surface area contributed by atoms with Crippen LogP contribution in [-0.4, -0.2) is 42.1 Å². The van der Waals surface area contributed by atoms with Crippen LogP contribution in [0.15, 0.2) is 28.8 Å². The van der Waals surface area contributed by atoms with E-state index >= 15 is 0 Å². The molecule has 26 heavy (non-hydrogen) atoms. The van der Waals surface area contributed by atoms with Crippen LogP contribution in [0.2, 0.25) is 0 Å². The third kappa shape index (κ3) is 5.08. The van der Waals surface area contributed by atoms with Gasteiger partial charge in [-0.2, -0.15) is 0 Å². The van der Waals surface area contributed by atoms with Gasteiger partial charge in [-0.15, -0.1) is 0 Å². The molecule has 0 bridgehead atoms. The Labute approximate surface area is 152 Å². The Morgan fingerprint density at radius 3 is 2.38 bits per heavy atom. The third-order valence-electron chi connectivity index (χ3n) is 3.93. The van der Waals surface area contributed by atoms with Crippen molar-refractivity contribution in [3.05, 3.63) is 46.8 Å². The van der Waals surface area contributed by atoms with Gasteiger partial charge in [-0.3, -0.25) is 9.59 Å². The molecule has 0 aliphatic rings.